The summed E-state index contributed by atoms with van der Waals surface area (Å²) in [5.41, 5.74) is 0. The molecular formula is C7H14O3S. The highest BCUT2D eigenvalue weighted by molar-refractivity contribution is 7.90. The van der Waals surface area contributed by atoms with Crippen LogP contribution in [-0.4, -0.2) is 32.6 Å². The maximum absolute atomic E-state index is 10.8. The lowest BCUT2D eigenvalue weighted by Gasteiger charge is -1.90. The van der Waals surface area contributed by atoms with Gasteiger partial charge in [0.1, 0.15) is 9.84 Å². The van der Waals surface area contributed by atoms with Gasteiger partial charge in [-0.3, -0.25) is 0 Å². The highest BCUT2D eigenvalue weighted by Gasteiger charge is 2.39. The third-order valence-electron chi connectivity index (χ3n) is 1.73. The van der Waals surface area contributed by atoms with Crippen LogP contribution in [0.5, 0.6) is 0 Å². The third kappa shape index (κ3) is 3.20. The van der Waals surface area contributed by atoms with E-state index in [0.717, 1.165) is 12.8 Å². The first-order chi connectivity index (χ1) is 5.03. The molecule has 3 nitrogen and oxygen atoms in total. The van der Waals surface area contributed by atoms with Gasteiger partial charge in [0.2, 0.25) is 0 Å². The van der Waals surface area contributed by atoms with Crippen LogP contribution in [0.15, 0.2) is 0 Å². The first-order valence-electron chi connectivity index (χ1n) is 3.86. The molecule has 4 heteroatoms. The Morgan fingerprint density at radius 3 is 2.45 bits per heavy atom. The van der Waals surface area contributed by atoms with Crippen LogP contribution in [0.4, 0.5) is 0 Å². The molecule has 0 radical (unpaired) electrons. The smallest absolute Gasteiger partial charge is 0.150 e. The number of ether oxygens (including phenoxy) is 1. The lowest BCUT2D eigenvalue weighted by atomic mass is 10.2. The Morgan fingerprint density at radius 1 is 1.36 bits per heavy atom. The molecule has 0 unspecified atom stereocenters. The minimum Gasteiger partial charge on any atom is -0.368 e. The van der Waals surface area contributed by atoms with Crippen LogP contribution in [0.2, 0.25) is 0 Å². The molecule has 0 aromatic heterocycles. The Bertz CT molecular complexity index is 220. The fourth-order valence-electron chi connectivity index (χ4n) is 1.16. The van der Waals surface area contributed by atoms with Gasteiger partial charge in [0.05, 0.1) is 18.0 Å². The van der Waals surface area contributed by atoms with Gasteiger partial charge in [0.25, 0.3) is 0 Å². The topological polar surface area (TPSA) is 46.7 Å². The molecule has 1 aliphatic heterocycles. The Balaban J connectivity index is 2.24. The predicted octanol–water partition coefficient (Wildman–Crippen LogP) is 0.599. The molecule has 1 fully saturated rings. The van der Waals surface area contributed by atoms with E-state index in [4.69, 9.17) is 4.74 Å². The minimum atomic E-state index is -2.84. The molecule has 0 aliphatic carbocycles. The van der Waals surface area contributed by atoms with Crippen molar-refractivity contribution in [1.82, 2.24) is 0 Å². The second kappa shape index (κ2) is 3.11. The summed E-state index contributed by atoms with van der Waals surface area (Å²) in [5.74, 6) is 0.192. The van der Waals surface area contributed by atoms with Gasteiger partial charge in [-0.25, -0.2) is 8.42 Å². The van der Waals surface area contributed by atoms with Crippen LogP contribution in [0.25, 0.3) is 0 Å². The Kier molecular flexibility index (Phi) is 2.54. The lowest BCUT2D eigenvalue weighted by Crippen LogP contribution is -2.10. The van der Waals surface area contributed by atoms with Gasteiger partial charge < -0.3 is 4.74 Å². The molecule has 1 aliphatic rings. The van der Waals surface area contributed by atoms with E-state index < -0.39 is 9.84 Å². The van der Waals surface area contributed by atoms with Gasteiger partial charge in [-0.2, -0.15) is 0 Å². The van der Waals surface area contributed by atoms with E-state index in [1.807, 2.05) is 0 Å². The second-order valence-electron chi connectivity index (χ2n) is 3.09. The normalized spacial score (nSPS) is 30.4. The Morgan fingerprint density at radius 2 is 2.00 bits per heavy atom. The summed E-state index contributed by atoms with van der Waals surface area (Å²) in [6.07, 6.45) is 3.50. The van der Waals surface area contributed by atoms with Crippen LogP contribution in [0.3, 0.4) is 0 Å². The van der Waals surface area contributed by atoms with Gasteiger partial charge in [0.15, 0.2) is 0 Å². The van der Waals surface area contributed by atoms with Crippen LogP contribution in [0, 0.1) is 0 Å². The van der Waals surface area contributed by atoms with E-state index in [0.29, 0.717) is 0 Å². The van der Waals surface area contributed by atoms with Crippen molar-refractivity contribution in [3.05, 3.63) is 0 Å². The molecule has 0 amide bonds. The van der Waals surface area contributed by atoms with E-state index in [1.165, 1.54) is 6.26 Å². The zero-order valence-corrected chi connectivity index (χ0v) is 7.73. The fraction of sp³-hybridized carbons (Fsp3) is 1.00. The van der Waals surface area contributed by atoms with Crippen molar-refractivity contribution in [2.75, 3.05) is 12.0 Å². The molecule has 1 rings (SSSR count). The van der Waals surface area contributed by atoms with Gasteiger partial charge in [-0.05, 0) is 6.42 Å². The molecule has 0 aromatic carbocycles. The van der Waals surface area contributed by atoms with Crippen molar-refractivity contribution in [1.29, 1.82) is 0 Å². The summed E-state index contributed by atoms with van der Waals surface area (Å²) in [4.78, 5) is 0. The van der Waals surface area contributed by atoms with E-state index in [2.05, 4.69) is 6.92 Å². The zero-order chi connectivity index (χ0) is 8.48. The number of sulfone groups is 1. The molecule has 0 N–H and O–H groups in total. The van der Waals surface area contributed by atoms with Gasteiger partial charge in [-0.15, -0.1) is 0 Å². The lowest BCUT2D eigenvalue weighted by molar-refractivity contribution is 0.369. The molecule has 2 atom stereocenters. The Labute approximate surface area is 67.7 Å². The predicted molar refractivity (Wildman–Crippen MR) is 43.3 cm³/mol. The van der Waals surface area contributed by atoms with Gasteiger partial charge in [-0.1, -0.05) is 13.3 Å². The molecule has 11 heavy (non-hydrogen) atoms. The van der Waals surface area contributed by atoms with Crippen molar-refractivity contribution in [3.63, 3.8) is 0 Å². The summed E-state index contributed by atoms with van der Waals surface area (Å²) in [7, 11) is -2.84. The maximum Gasteiger partial charge on any atom is 0.150 e. The average Bonchev–Trinajstić information content (AvgIpc) is 2.44. The van der Waals surface area contributed by atoms with Crippen LogP contribution in [0.1, 0.15) is 19.8 Å². The summed E-state index contributed by atoms with van der Waals surface area (Å²) < 4.78 is 26.7. The SMILES string of the molecule is CCC[C@H]1O[C@H]1CS(C)(=O)=O. The average molecular weight is 178 g/mol. The quantitative estimate of drug-likeness (QED) is 0.592. The molecule has 1 saturated heterocycles. The summed E-state index contributed by atoms with van der Waals surface area (Å²) in [6, 6.07) is 0. The molecule has 0 aromatic rings. The summed E-state index contributed by atoms with van der Waals surface area (Å²) >= 11 is 0. The number of epoxide rings is 1. The highest BCUT2D eigenvalue weighted by Crippen LogP contribution is 2.27. The van der Waals surface area contributed by atoms with Gasteiger partial charge >= 0.3 is 0 Å². The highest BCUT2D eigenvalue weighted by atomic mass is 32.2. The van der Waals surface area contributed by atoms with Crippen molar-refractivity contribution < 1.29 is 13.2 Å². The zero-order valence-electron chi connectivity index (χ0n) is 6.91. The largest absolute Gasteiger partial charge is 0.368 e. The molecule has 66 valence electrons. The summed E-state index contributed by atoms with van der Waals surface area (Å²) in [6.45, 7) is 2.07. The van der Waals surface area contributed by atoms with Crippen molar-refractivity contribution in [3.8, 4) is 0 Å². The number of rotatable bonds is 4. The van der Waals surface area contributed by atoms with Crippen LogP contribution < -0.4 is 0 Å². The molecule has 0 bridgehead atoms. The standard InChI is InChI=1S/C7H14O3S/c1-3-4-6-7(10-6)5-11(2,8)9/h6-7H,3-5H2,1-2H3/t6-,7+/m1/s1. The van der Waals surface area contributed by atoms with Crippen molar-refractivity contribution in [2.45, 2.75) is 32.0 Å². The number of hydrogen-bond donors (Lipinski definition) is 0. The minimum absolute atomic E-state index is 0.00931. The van der Waals surface area contributed by atoms with Crippen molar-refractivity contribution in [2.24, 2.45) is 0 Å². The van der Waals surface area contributed by atoms with Gasteiger partial charge in [0, 0.05) is 6.26 Å². The Hall–Kier alpha value is -0.0900. The molecule has 0 saturated carbocycles. The maximum atomic E-state index is 10.8. The van der Waals surface area contributed by atoms with Crippen LogP contribution in [-0.2, 0) is 14.6 Å². The van der Waals surface area contributed by atoms with E-state index in [1.54, 1.807) is 0 Å². The van der Waals surface area contributed by atoms with E-state index >= 15 is 0 Å². The van der Waals surface area contributed by atoms with E-state index in [9.17, 15) is 8.42 Å². The fourth-order valence-corrected chi connectivity index (χ4v) is 2.05. The monoisotopic (exact) mass is 178 g/mol. The first kappa shape index (κ1) is 9.00. The van der Waals surface area contributed by atoms with E-state index in [-0.39, 0.29) is 18.0 Å². The third-order valence-corrected chi connectivity index (χ3v) is 2.66. The van der Waals surface area contributed by atoms with Crippen LogP contribution >= 0.6 is 0 Å². The molecule has 0 spiro atoms. The number of hydrogen-bond acceptors (Lipinski definition) is 3. The molecular weight excluding hydrogens is 164 g/mol. The second-order valence-corrected chi connectivity index (χ2v) is 5.28. The van der Waals surface area contributed by atoms with Crippen molar-refractivity contribution >= 4 is 9.84 Å². The first-order valence-corrected chi connectivity index (χ1v) is 5.92. The summed E-state index contributed by atoms with van der Waals surface area (Å²) in [5, 5.41) is 0. The molecule has 1 heterocycles.